The van der Waals surface area contributed by atoms with Gasteiger partial charge in [0.25, 0.3) is 0 Å². The summed E-state index contributed by atoms with van der Waals surface area (Å²) in [5.41, 5.74) is 3.92. The number of carbonyl (C=O) groups excluding carboxylic acids is 1. The number of rotatable bonds is 2. The summed E-state index contributed by atoms with van der Waals surface area (Å²) in [7, 11) is 1.64. The quantitative estimate of drug-likeness (QED) is 0.900. The number of hydrogen-bond acceptors (Lipinski definition) is 2. The number of amides is 2. The van der Waals surface area contributed by atoms with Gasteiger partial charge in [0.1, 0.15) is 11.6 Å². The highest BCUT2D eigenvalue weighted by molar-refractivity contribution is 5.75. The second-order valence-corrected chi connectivity index (χ2v) is 6.69. The summed E-state index contributed by atoms with van der Waals surface area (Å²) in [5.74, 6) is 0.634. The Morgan fingerprint density at radius 3 is 2.92 bits per heavy atom. The van der Waals surface area contributed by atoms with E-state index < -0.39 is 0 Å². The molecule has 4 nitrogen and oxygen atoms in total. The van der Waals surface area contributed by atoms with Crippen LogP contribution in [0.5, 0.6) is 5.75 Å². The van der Waals surface area contributed by atoms with Crippen molar-refractivity contribution in [1.29, 1.82) is 0 Å². The van der Waals surface area contributed by atoms with E-state index in [-0.39, 0.29) is 17.9 Å². The molecule has 1 atom stereocenters. The zero-order chi connectivity index (χ0) is 17.4. The number of ether oxygens (including phenoxy) is 1. The zero-order valence-electron chi connectivity index (χ0n) is 14.2. The lowest BCUT2D eigenvalue weighted by molar-refractivity contribution is 0.192. The number of methoxy groups -OCH3 is 1. The van der Waals surface area contributed by atoms with Crippen LogP contribution < -0.4 is 10.1 Å². The number of fused-ring (bicyclic) bond motifs is 2. The SMILES string of the molecule is COc1ccc2c(c1)CN(C(=O)NC1CCCc3c(F)cccc31)C2. The number of nitrogens with zero attached hydrogens (tertiary/aromatic N) is 1. The molecule has 2 aromatic rings. The molecule has 0 bridgehead atoms. The molecule has 0 aromatic heterocycles. The summed E-state index contributed by atoms with van der Waals surface area (Å²) in [6.07, 6.45) is 2.47. The van der Waals surface area contributed by atoms with Crippen LogP contribution in [0, 0.1) is 5.82 Å². The molecule has 1 heterocycles. The predicted octanol–water partition coefficient (Wildman–Crippen LogP) is 3.94. The average molecular weight is 340 g/mol. The monoisotopic (exact) mass is 340 g/mol. The zero-order valence-corrected chi connectivity index (χ0v) is 14.2. The molecule has 2 amide bonds. The maximum atomic E-state index is 14.0. The van der Waals surface area contributed by atoms with E-state index in [9.17, 15) is 9.18 Å². The minimum absolute atomic E-state index is 0.0997. The van der Waals surface area contributed by atoms with Crippen molar-refractivity contribution >= 4 is 6.03 Å². The van der Waals surface area contributed by atoms with E-state index in [1.54, 1.807) is 18.1 Å². The third-order valence-corrected chi connectivity index (χ3v) is 5.17. The highest BCUT2D eigenvalue weighted by Gasteiger charge is 2.28. The standard InChI is InChI=1S/C20H21FN2O2/c1-25-15-9-8-13-11-23(12-14(13)10-15)20(24)22-19-7-3-4-16-17(19)5-2-6-18(16)21/h2,5-6,8-10,19H,3-4,7,11-12H2,1H3,(H,22,24). The van der Waals surface area contributed by atoms with Crippen molar-refractivity contribution in [3.63, 3.8) is 0 Å². The van der Waals surface area contributed by atoms with Crippen molar-refractivity contribution in [2.75, 3.05) is 7.11 Å². The number of carbonyl (C=O) groups is 1. The highest BCUT2D eigenvalue weighted by Crippen LogP contribution is 2.32. The van der Waals surface area contributed by atoms with Gasteiger partial charge in [0.2, 0.25) is 0 Å². The van der Waals surface area contributed by atoms with Gasteiger partial charge in [-0.3, -0.25) is 0 Å². The van der Waals surface area contributed by atoms with E-state index in [1.807, 2.05) is 24.3 Å². The van der Waals surface area contributed by atoms with Crippen LogP contribution in [0.1, 0.15) is 41.1 Å². The van der Waals surface area contributed by atoms with E-state index >= 15 is 0 Å². The number of hydrogen-bond donors (Lipinski definition) is 1. The second-order valence-electron chi connectivity index (χ2n) is 6.69. The van der Waals surface area contributed by atoms with Crippen molar-refractivity contribution < 1.29 is 13.9 Å². The lowest BCUT2D eigenvalue weighted by atomic mass is 9.87. The van der Waals surface area contributed by atoms with Gasteiger partial charge in [-0.05, 0) is 59.7 Å². The highest BCUT2D eigenvalue weighted by atomic mass is 19.1. The summed E-state index contributed by atoms with van der Waals surface area (Å²) in [5, 5.41) is 3.10. The molecule has 4 rings (SSSR count). The molecule has 1 aliphatic heterocycles. The van der Waals surface area contributed by atoms with E-state index in [2.05, 4.69) is 5.32 Å². The molecule has 0 saturated heterocycles. The van der Waals surface area contributed by atoms with Gasteiger partial charge in [-0.15, -0.1) is 0 Å². The maximum Gasteiger partial charge on any atom is 0.318 e. The molecule has 1 N–H and O–H groups in total. The Morgan fingerprint density at radius 1 is 1.24 bits per heavy atom. The van der Waals surface area contributed by atoms with Gasteiger partial charge in [-0.25, -0.2) is 9.18 Å². The van der Waals surface area contributed by atoms with Gasteiger partial charge < -0.3 is 15.0 Å². The van der Waals surface area contributed by atoms with Crippen LogP contribution >= 0.6 is 0 Å². The molecule has 2 aromatic carbocycles. The molecule has 130 valence electrons. The summed E-state index contributed by atoms with van der Waals surface area (Å²) in [4.78, 5) is 14.5. The van der Waals surface area contributed by atoms with Gasteiger partial charge in [0, 0.05) is 13.1 Å². The smallest absolute Gasteiger partial charge is 0.318 e. The lowest BCUT2D eigenvalue weighted by Crippen LogP contribution is -2.39. The van der Waals surface area contributed by atoms with Crippen molar-refractivity contribution in [2.45, 2.75) is 38.4 Å². The van der Waals surface area contributed by atoms with Crippen LogP contribution in [0.25, 0.3) is 0 Å². The molecule has 1 aliphatic carbocycles. The van der Waals surface area contributed by atoms with E-state index in [0.717, 1.165) is 47.3 Å². The van der Waals surface area contributed by atoms with E-state index in [1.165, 1.54) is 6.07 Å². The fourth-order valence-electron chi connectivity index (χ4n) is 3.84. The van der Waals surface area contributed by atoms with Crippen LogP contribution in [-0.2, 0) is 19.5 Å². The lowest BCUT2D eigenvalue weighted by Gasteiger charge is -2.28. The summed E-state index contributed by atoms with van der Waals surface area (Å²) >= 11 is 0. The number of urea groups is 1. The van der Waals surface area contributed by atoms with Crippen molar-refractivity contribution in [2.24, 2.45) is 0 Å². The first kappa shape index (κ1) is 15.9. The Hall–Kier alpha value is -2.56. The maximum absolute atomic E-state index is 14.0. The normalized spacial score (nSPS) is 18.5. The molecule has 0 fully saturated rings. The Labute approximate surface area is 146 Å². The van der Waals surface area contributed by atoms with Gasteiger partial charge in [-0.1, -0.05) is 18.2 Å². The van der Waals surface area contributed by atoms with E-state index in [0.29, 0.717) is 13.1 Å². The van der Waals surface area contributed by atoms with Crippen molar-refractivity contribution in [3.8, 4) is 5.75 Å². The van der Waals surface area contributed by atoms with Gasteiger partial charge in [0.05, 0.1) is 13.2 Å². The molecule has 5 heteroatoms. The number of nitrogens with one attached hydrogen (secondary N) is 1. The summed E-state index contributed by atoms with van der Waals surface area (Å²) in [6.45, 7) is 1.16. The summed E-state index contributed by atoms with van der Waals surface area (Å²) in [6, 6.07) is 10.8. The average Bonchev–Trinajstić information content (AvgIpc) is 3.06. The minimum Gasteiger partial charge on any atom is -0.497 e. The first-order chi connectivity index (χ1) is 12.2. The van der Waals surface area contributed by atoms with Crippen LogP contribution in [0.15, 0.2) is 36.4 Å². The number of benzene rings is 2. The fourth-order valence-corrected chi connectivity index (χ4v) is 3.84. The fraction of sp³-hybridized carbons (Fsp3) is 0.350. The molecule has 0 saturated carbocycles. The third-order valence-electron chi connectivity index (χ3n) is 5.17. The summed E-state index contributed by atoms with van der Waals surface area (Å²) < 4.78 is 19.3. The van der Waals surface area contributed by atoms with Crippen molar-refractivity contribution in [1.82, 2.24) is 10.2 Å². The largest absolute Gasteiger partial charge is 0.497 e. The second kappa shape index (κ2) is 6.39. The Kier molecular flexibility index (Phi) is 4.07. The Morgan fingerprint density at radius 2 is 2.08 bits per heavy atom. The Balaban J connectivity index is 1.48. The van der Waals surface area contributed by atoms with Gasteiger partial charge in [0.15, 0.2) is 0 Å². The molecule has 0 radical (unpaired) electrons. The molecular formula is C20H21FN2O2. The van der Waals surface area contributed by atoms with Gasteiger partial charge >= 0.3 is 6.03 Å². The molecule has 1 unspecified atom stereocenters. The van der Waals surface area contributed by atoms with Crippen LogP contribution in [0.4, 0.5) is 9.18 Å². The van der Waals surface area contributed by atoms with Crippen LogP contribution in [0.3, 0.4) is 0 Å². The third kappa shape index (κ3) is 2.95. The first-order valence-corrected chi connectivity index (χ1v) is 8.64. The first-order valence-electron chi connectivity index (χ1n) is 8.64. The minimum atomic E-state index is -0.169. The molecule has 2 aliphatic rings. The Bertz CT molecular complexity index is 821. The van der Waals surface area contributed by atoms with Crippen LogP contribution in [0.2, 0.25) is 0 Å². The number of halogens is 1. The molecular weight excluding hydrogens is 319 g/mol. The predicted molar refractivity (Wildman–Crippen MR) is 92.9 cm³/mol. The van der Waals surface area contributed by atoms with E-state index in [4.69, 9.17) is 4.74 Å². The molecule has 0 spiro atoms. The topological polar surface area (TPSA) is 41.6 Å². The van der Waals surface area contributed by atoms with Gasteiger partial charge in [-0.2, -0.15) is 0 Å². The van der Waals surface area contributed by atoms with Crippen LogP contribution in [-0.4, -0.2) is 18.0 Å². The molecule has 25 heavy (non-hydrogen) atoms. The van der Waals surface area contributed by atoms with Crippen molar-refractivity contribution in [3.05, 3.63) is 64.5 Å².